The van der Waals surface area contributed by atoms with E-state index in [-0.39, 0.29) is 5.92 Å². The number of rotatable bonds is 4. The first-order valence-corrected chi connectivity index (χ1v) is 5.30. The van der Waals surface area contributed by atoms with E-state index in [1.54, 1.807) is 0 Å². The summed E-state index contributed by atoms with van der Waals surface area (Å²) in [5, 5.41) is 0. The second-order valence-corrected chi connectivity index (χ2v) is 3.62. The van der Waals surface area contributed by atoms with E-state index in [0.717, 1.165) is 19.1 Å². The highest BCUT2D eigenvalue weighted by Gasteiger charge is 2.10. The molecule has 1 unspecified atom stereocenters. The first-order valence-electron chi connectivity index (χ1n) is 5.30. The minimum Gasteiger partial charge on any atom is -0.303 e. The average Bonchev–Trinajstić information content (AvgIpc) is 2.26. The van der Waals surface area contributed by atoms with E-state index in [2.05, 4.69) is 26.0 Å². The van der Waals surface area contributed by atoms with Crippen LogP contribution in [0.25, 0.3) is 0 Å². The van der Waals surface area contributed by atoms with Crippen LogP contribution in [0, 0.1) is 0 Å². The second-order valence-electron chi connectivity index (χ2n) is 3.62. The number of carbonyl (C=O) groups is 1. The van der Waals surface area contributed by atoms with Gasteiger partial charge in [-0.05, 0) is 29.5 Å². The van der Waals surface area contributed by atoms with Crippen molar-refractivity contribution in [1.29, 1.82) is 0 Å². The minimum absolute atomic E-state index is 0.0245. The van der Waals surface area contributed by atoms with Gasteiger partial charge in [0.1, 0.15) is 6.29 Å². The maximum atomic E-state index is 10.8. The minimum atomic E-state index is 0.0245. The smallest absolute Gasteiger partial charge is 0.127 e. The summed E-state index contributed by atoms with van der Waals surface area (Å²) in [6, 6.07) is 6.27. The Morgan fingerprint density at radius 1 is 1.29 bits per heavy atom. The van der Waals surface area contributed by atoms with Crippen molar-refractivity contribution in [3.8, 4) is 0 Å². The zero-order valence-electron chi connectivity index (χ0n) is 9.21. The van der Waals surface area contributed by atoms with Crippen molar-refractivity contribution < 1.29 is 4.79 Å². The van der Waals surface area contributed by atoms with Crippen LogP contribution in [0.1, 0.15) is 43.4 Å². The number of aryl methyl sites for hydroxylation is 1. The van der Waals surface area contributed by atoms with Crippen molar-refractivity contribution in [3.63, 3.8) is 0 Å². The highest BCUT2D eigenvalue weighted by molar-refractivity contribution is 5.63. The molecule has 0 aromatic heterocycles. The Hall–Kier alpha value is -1.11. The lowest BCUT2D eigenvalue weighted by atomic mass is 9.91. The largest absolute Gasteiger partial charge is 0.303 e. The molecule has 0 radical (unpaired) electrons. The Balaban J connectivity index is 3.21. The zero-order valence-corrected chi connectivity index (χ0v) is 9.21. The van der Waals surface area contributed by atoms with Gasteiger partial charge in [0.15, 0.2) is 0 Å². The SMILES string of the molecule is CCc1cccc(C(C)C=O)c1CC. The molecular formula is C13H18O. The fourth-order valence-electron chi connectivity index (χ4n) is 1.92. The lowest BCUT2D eigenvalue weighted by Gasteiger charge is -2.14. The highest BCUT2D eigenvalue weighted by atomic mass is 16.1. The van der Waals surface area contributed by atoms with E-state index in [1.165, 1.54) is 16.7 Å². The third-order valence-electron chi connectivity index (χ3n) is 2.74. The topological polar surface area (TPSA) is 17.1 Å². The monoisotopic (exact) mass is 190 g/mol. The van der Waals surface area contributed by atoms with Gasteiger partial charge in [0.05, 0.1) is 0 Å². The van der Waals surface area contributed by atoms with Crippen LogP contribution >= 0.6 is 0 Å². The molecule has 1 aromatic carbocycles. The number of aldehydes is 1. The molecule has 0 aliphatic rings. The van der Waals surface area contributed by atoms with E-state index in [9.17, 15) is 4.79 Å². The Morgan fingerprint density at radius 2 is 2.00 bits per heavy atom. The van der Waals surface area contributed by atoms with Gasteiger partial charge in [-0.1, -0.05) is 39.0 Å². The zero-order chi connectivity index (χ0) is 10.6. The van der Waals surface area contributed by atoms with E-state index in [0.29, 0.717) is 0 Å². The summed E-state index contributed by atoms with van der Waals surface area (Å²) >= 11 is 0. The van der Waals surface area contributed by atoms with Crippen LogP contribution in [0.3, 0.4) is 0 Å². The van der Waals surface area contributed by atoms with Crippen molar-refractivity contribution in [2.45, 2.75) is 39.5 Å². The van der Waals surface area contributed by atoms with Gasteiger partial charge in [0.2, 0.25) is 0 Å². The van der Waals surface area contributed by atoms with Crippen LogP contribution in [0.5, 0.6) is 0 Å². The van der Waals surface area contributed by atoms with Crippen molar-refractivity contribution in [1.82, 2.24) is 0 Å². The molecule has 0 saturated carbocycles. The summed E-state index contributed by atoms with van der Waals surface area (Å²) in [6.07, 6.45) is 3.08. The lowest BCUT2D eigenvalue weighted by molar-refractivity contribution is -0.108. The molecule has 1 nitrogen and oxygen atoms in total. The molecule has 0 amide bonds. The van der Waals surface area contributed by atoms with Crippen molar-refractivity contribution in [2.24, 2.45) is 0 Å². The number of carbonyl (C=O) groups excluding carboxylic acids is 1. The maximum Gasteiger partial charge on any atom is 0.127 e. The maximum absolute atomic E-state index is 10.8. The van der Waals surface area contributed by atoms with Gasteiger partial charge >= 0.3 is 0 Å². The molecule has 1 rings (SSSR count). The molecule has 0 saturated heterocycles. The summed E-state index contributed by atoms with van der Waals surface area (Å²) in [5.41, 5.74) is 3.93. The van der Waals surface area contributed by atoms with Gasteiger partial charge in [0.25, 0.3) is 0 Å². The molecule has 1 atom stereocenters. The molecule has 1 aromatic rings. The van der Waals surface area contributed by atoms with Crippen molar-refractivity contribution >= 4 is 6.29 Å². The summed E-state index contributed by atoms with van der Waals surface area (Å²) in [5.74, 6) is 0.0245. The molecule has 0 N–H and O–H groups in total. The van der Waals surface area contributed by atoms with E-state index < -0.39 is 0 Å². The molecule has 0 bridgehead atoms. The third kappa shape index (κ3) is 2.03. The quantitative estimate of drug-likeness (QED) is 0.667. The van der Waals surface area contributed by atoms with E-state index in [4.69, 9.17) is 0 Å². The van der Waals surface area contributed by atoms with Gasteiger partial charge in [-0.3, -0.25) is 0 Å². The Morgan fingerprint density at radius 3 is 2.50 bits per heavy atom. The highest BCUT2D eigenvalue weighted by Crippen LogP contribution is 2.22. The normalized spacial score (nSPS) is 12.5. The van der Waals surface area contributed by atoms with Gasteiger partial charge < -0.3 is 4.79 Å². The fourth-order valence-corrected chi connectivity index (χ4v) is 1.92. The molecule has 0 aliphatic carbocycles. The van der Waals surface area contributed by atoms with E-state index >= 15 is 0 Å². The third-order valence-corrected chi connectivity index (χ3v) is 2.74. The summed E-state index contributed by atoms with van der Waals surface area (Å²) in [4.78, 5) is 10.8. The standard InChI is InChI=1S/C13H18O/c1-4-11-7-6-8-13(10(3)9-14)12(11)5-2/h6-10H,4-5H2,1-3H3. The van der Waals surface area contributed by atoms with E-state index in [1.807, 2.05) is 13.0 Å². The fraction of sp³-hybridized carbons (Fsp3) is 0.462. The molecule has 1 heteroatoms. The molecule has 76 valence electrons. The molecule has 0 heterocycles. The first-order chi connectivity index (χ1) is 6.74. The second kappa shape index (κ2) is 4.94. The molecule has 0 fully saturated rings. The van der Waals surface area contributed by atoms with Gasteiger partial charge in [-0.25, -0.2) is 0 Å². The Kier molecular flexibility index (Phi) is 3.87. The predicted octanol–water partition coefficient (Wildman–Crippen LogP) is 3.11. The summed E-state index contributed by atoms with van der Waals surface area (Å²) in [7, 11) is 0. The summed E-state index contributed by atoms with van der Waals surface area (Å²) in [6.45, 7) is 6.26. The average molecular weight is 190 g/mol. The predicted molar refractivity (Wildman–Crippen MR) is 59.7 cm³/mol. The van der Waals surface area contributed by atoms with Crippen molar-refractivity contribution in [2.75, 3.05) is 0 Å². The summed E-state index contributed by atoms with van der Waals surface area (Å²) < 4.78 is 0. The van der Waals surface area contributed by atoms with Gasteiger partial charge in [-0.2, -0.15) is 0 Å². The van der Waals surface area contributed by atoms with Crippen LogP contribution in [-0.2, 0) is 17.6 Å². The van der Waals surface area contributed by atoms with Crippen LogP contribution in [0.2, 0.25) is 0 Å². The van der Waals surface area contributed by atoms with Crippen LogP contribution in [0.15, 0.2) is 18.2 Å². The Labute approximate surface area is 86.1 Å². The lowest BCUT2D eigenvalue weighted by Crippen LogP contribution is -2.03. The molecule has 0 spiro atoms. The van der Waals surface area contributed by atoms with Crippen molar-refractivity contribution in [3.05, 3.63) is 34.9 Å². The van der Waals surface area contributed by atoms with Gasteiger partial charge in [0, 0.05) is 5.92 Å². The first kappa shape index (κ1) is 11.0. The number of hydrogen-bond acceptors (Lipinski definition) is 1. The number of benzene rings is 1. The van der Waals surface area contributed by atoms with Crippen LogP contribution in [-0.4, -0.2) is 6.29 Å². The van der Waals surface area contributed by atoms with Crippen LogP contribution in [0.4, 0.5) is 0 Å². The van der Waals surface area contributed by atoms with Gasteiger partial charge in [-0.15, -0.1) is 0 Å². The van der Waals surface area contributed by atoms with Crippen LogP contribution < -0.4 is 0 Å². The number of hydrogen-bond donors (Lipinski definition) is 0. The molecule has 14 heavy (non-hydrogen) atoms. The molecule has 0 aliphatic heterocycles. The molecular weight excluding hydrogens is 172 g/mol. The Bertz CT molecular complexity index is 315.